The van der Waals surface area contributed by atoms with Crippen molar-refractivity contribution in [2.24, 2.45) is 7.05 Å². The lowest BCUT2D eigenvalue weighted by Crippen LogP contribution is -2.35. The molecule has 2 aromatic rings. The van der Waals surface area contributed by atoms with E-state index in [9.17, 15) is 4.79 Å². The molecule has 2 rings (SSSR count). The first kappa shape index (κ1) is 12.9. The number of carbonyl (C=O) groups excluding carboxylic acids is 1. The molecule has 0 fully saturated rings. The van der Waals surface area contributed by atoms with Crippen LogP contribution in [0.25, 0.3) is 5.65 Å². The van der Waals surface area contributed by atoms with E-state index >= 15 is 0 Å². The van der Waals surface area contributed by atoms with E-state index in [2.05, 4.69) is 5.32 Å². The van der Waals surface area contributed by atoms with Gasteiger partial charge in [-0.25, -0.2) is 4.57 Å². The molecule has 0 aliphatic rings. The lowest BCUT2D eigenvalue weighted by atomic mass is 10.2. The Kier molecular flexibility index (Phi) is 3.57. The van der Waals surface area contributed by atoms with Crippen LogP contribution in [-0.2, 0) is 13.5 Å². The Morgan fingerprint density at radius 1 is 1.50 bits per heavy atom. The van der Waals surface area contributed by atoms with Crippen molar-refractivity contribution in [3.8, 4) is 0 Å². The summed E-state index contributed by atoms with van der Waals surface area (Å²) in [5.41, 5.74) is 2.49. The Bertz CT molecular complexity index is 604. The van der Waals surface area contributed by atoms with Gasteiger partial charge in [0.25, 0.3) is 5.91 Å². The lowest BCUT2D eigenvalue weighted by molar-refractivity contribution is -0.513. The van der Waals surface area contributed by atoms with E-state index in [1.807, 2.05) is 48.2 Å². The first-order chi connectivity index (χ1) is 8.61. The lowest BCUT2D eigenvalue weighted by Gasteiger charge is -1.99. The maximum atomic E-state index is 12.2. The normalized spacial score (nSPS) is 10.9. The van der Waals surface area contributed by atoms with Crippen molar-refractivity contribution in [3.05, 3.63) is 34.7 Å². The van der Waals surface area contributed by atoms with Gasteiger partial charge in [-0.15, -0.1) is 0 Å². The van der Waals surface area contributed by atoms with Gasteiger partial charge < -0.3 is 5.32 Å². The van der Waals surface area contributed by atoms with E-state index in [0.717, 1.165) is 17.8 Å². The third-order valence-electron chi connectivity index (χ3n) is 3.04. The van der Waals surface area contributed by atoms with Crippen molar-refractivity contribution in [2.75, 3.05) is 6.54 Å². The highest BCUT2D eigenvalue weighted by Crippen LogP contribution is 2.18. The number of nitrogens with one attached hydrogen (secondary N) is 1. The van der Waals surface area contributed by atoms with Crippen molar-refractivity contribution in [3.63, 3.8) is 0 Å². The van der Waals surface area contributed by atoms with Crippen LogP contribution in [-0.4, -0.2) is 17.0 Å². The Labute approximate surface area is 111 Å². The minimum Gasteiger partial charge on any atom is -0.349 e. The van der Waals surface area contributed by atoms with Crippen LogP contribution < -0.4 is 9.72 Å². The molecule has 2 aromatic heterocycles. The van der Waals surface area contributed by atoms with Crippen LogP contribution in [0.5, 0.6) is 0 Å². The predicted molar refractivity (Wildman–Crippen MR) is 71.0 cm³/mol. The Morgan fingerprint density at radius 2 is 2.22 bits per heavy atom. The van der Waals surface area contributed by atoms with E-state index in [-0.39, 0.29) is 5.91 Å². The molecule has 0 atom stereocenters. The number of hydrogen-bond acceptors (Lipinski definition) is 1. The monoisotopic (exact) mass is 266 g/mol. The quantitative estimate of drug-likeness (QED) is 0.845. The third-order valence-corrected chi connectivity index (χ3v) is 3.34. The number of amides is 1. The van der Waals surface area contributed by atoms with Gasteiger partial charge in [-0.05, 0) is 19.1 Å². The number of fused-ring (bicyclic) bond motifs is 1. The molecule has 0 aliphatic carbocycles. The average molecular weight is 267 g/mol. The SMILES string of the molecule is CCNC(=O)c1c(CC)n(C)c2c(Cl)ccc[n+]12. The van der Waals surface area contributed by atoms with Crippen LogP contribution >= 0.6 is 11.6 Å². The number of aryl methyl sites for hydroxylation is 1. The second-order valence-corrected chi connectivity index (χ2v) is 4.52. The third kappa shape index (κ3) is 1.86. The highest BCUT2D eigenvalue weighted by Gasteiger charge is 2.28. The summed E-state index contributed by atoms with van der Waals surface area (Å²) in [6.45, 7) is 4.55. The van der Waals surface area contributed by atoms with E-state index < -0.39 is 0 Å². The molecule has 0 saturated carbocycles. The molecule has 0 unspecified atom stereocenters. The summed E-state index contributed by atoms with van der Waals surface area (Å²) < 4.78 is 3.83. The van der Waals surface area contributed by atoms with Gasteiger partial charge in [0.05, 0.1) is 13.2 Å². The molecule has 1 N–H and O–H groups in total. The summed E-state index contributed by atoms with van der Waals surface area (Å²) in [5, 5.41) is 3.49. The molecule has 0 aliphatic heterocycles. The zero-order valence-electron chi connectivity index (χ0n) is 10.8. The molecule has 18 heavy (non-hydrogen) atoms. The minimum absolute atomic E-state index is 0.0628. The van der Waals surface area contributed by atoms with Crippen LogP contribution in [0.3, 0.4) is 0 Å². The molecule has 0 radical (unpaired) electrons. The fraction of sp³-hybridized carbons (Fsp3) is 0.385. The minimum atomic E-state index is -0.0628. The molecule has 96 valence electrons. The van der Waals surface area contributed by atoms with Crippen LogP contribution in [0.1, 0.15) is 30.0 Å². The second-order valence-electron chi connectivity index (χ2n) is 4.12. The van der Waals surface area contributed by atoms with Gasteiger partial charge in [-0.3, -0.25) is 4.79 Å². The van der Waals surface area contributed by atoms with Gasteiger partial charge in [0.15, 0.2) is 5.69 Å². The van der Waals surface area contributed by atoms with Gasteiger partial charge in [0.2, 0.25) is 5.69 Å². The zero-order valence-corrected chi connectivity index (χ0v) is 11.6. The van der Waals surface area contributed by atoms with Crippen molar-refractivity contribution in [1.82, 2.24) is 9.88 Å². The second kappa shape index (κ2) is 4.98. The summed E-state index contributed by atoms with van der Waals surface area (Å²) >= 11 is 6.21. The fourth-order valence-corrected chi connectivity index (χ4v) is 2.58. The summed E-state index contributed by atoms with van der Waals surface area (Å²) in [7, 11) is 1.93. The number of hydrogen-bond donors (Lipinski definition) is 1. The van der Waals surface area contributed by atoms with Crippen LogP contribution in [0, 0.1) is 0 Å². The molecule has 0 bridgehead atoms. The van der Waals surface area contributed by atoms with Gasteiger partial charge in [0, 0.05) is 13.0 Å². The van der Waals surface area contributed by atoms with E-state index in [4.69, 9.17) is 11.6 Å². The maximum absolute atomic E-state index is 12.2. The molecule has 4 nitrogen and oxygen atoms in total. The summed E-state index contributed by atoms with van der Waals surface area (Å²) in [6, 6.07) is 3.68. The van der Waals surface area contributed by atoms with E-state index in [0.29, 0.717) is 17.3 Å². The van der Waals surface area contributed by atoms with Gasteiger partial charge >= 0.3 is 5.65 Å². The molecular weight excluding hydrogens is 250 g/mol. The van der Waals surface area contributed by atoms with Crippen LogP contribution in [0.2, 0.25) is 5.02 Å². The molecule has 0 saturated heterocycles. The van der Waals surface area contributed by atoms with E-state index in [1.165, 1.54) is 0 Å². The number of pyridine rings is 1. The van der Waals surface area contributed by atoms with Gasteiger partial charge in [-0.2, -0.15) is 4.40 Å². The van der Waals surface area contributed by atoms with Crippen molar-refractivity contribution >= 4 is 23.2 Å². The van der Waals surface area contributed by atoms with E-state index in [1.54, 1.807) is 0 Å². The summed E-state index contributed by atoms with van der Waals surface area (Å²) in [5.74, 6) is -0.0628. The zero-order chi connectivity index (χ0) is 13.3. The van der Waals surface area contributed by atoms with Gasteiger partial charge in [0.1, 0.15) is 5.02 Å². The van der Waals surface area contributed by atoms with Gasteiger partial charge in [-0.1, -0.05) is 18.5 Å². The number of carbonyl (C=O) groups is 1. The molecular formula is C13H17ClN3O+. The Morgan fingerprint density at radius 3 is 2.83 bits per heavy atom. The van der Waals surface area contributed by atoms with Crippen molar-refractivity contribution in [2.45, 2.75) is 20.3 Å². The highest BCUT2D eigenvalue weighted by atomic mass is 35.5. The first-order valence-electron chi connectivity index (χ1n) is 6.07. The molecule has 2 heterocycles. The summed E-state index contributed by atoms with van der Waals surface area (Å²) in [4.78, 5) is 12.2. The van der Waals surface area contributed by atoms with Crippen LogP contribution in [0.15, 0.2) is 18.3 Å². The smallest absolute Gasteiger partial charge is 0.305 e. The molecule has 5 heteroatoms. The maximum Gasteiger partial charge on any atom is 0.305 e. The summed E-state index contributed by atoms with van der Waals surface area (Å²) in [6.07, 6.45) is 2.64. The standard InChI is InChI=1S/C13H16ClN3O/c1-4-10-11(12(18)15-5-2)17-8-6-7-9(14)13(17)16(10)3/h6-8H,4-5H2,1-3H3/p+1. The Balaban J connectivity index is 2.78. The highest BCUT2D eigenvalue weighted by molar-refractivity contribution is 6.33. The number of imidazole rings is 1. The largest absolute Gasteiger partial charge is 0.349 e. The average Bonchev–Trinajstić information content (AvgIpc) is 2.63. The number of rotatable bonds is 3. The van der Waals surface area contributed by atoms with Crippen molar-refractivity contribution < 1.29 is 9.20 Å². The first-order valence-corrected chi connectivity index (χ1v) is 6.45. The predicted octanol–water partition coefficient (Wildman–Crippen LogP) is 1.73. The molecule has 1 amide bonds. The number of nitrogens with zero attached hydrogens (tertiary/aromatic N) is 2. The molecule has 0 aromatic carbocycles. The Hall–Kier alpha value is -1.55. The van der Waals surface area contributed by atoms with Crippen molar-refractivity contribution in [1.29, 1.82) is 0 Å². The topological polar surface area (TPSA) is 38.1 Å². The number of halogens is 1. The fourth-order valence-electron chi connectivity index (χ4n) is 2.29. The van der Waals surface area contributed by atoms with Crippen LogP contribution in [0.4, 0.5) is 0 Å². The molecule has 0 spiro atoms. The number of aromatic nitrogens is 2.